The number of amides is 3. The summed E-state index contributed by atoms with van der Waals surface area (Å²) in [6.45, 7) is 5.46. The van der Waals surface area contributed by atoms with Gasteiger partial charge in [0.1, 0.15) is 0 Å². The van der Waals surface area contributed by atoms with Crippen LogP contribution in [-0.4, -0.2) is 36.0 Å². The zero-order valence-electron chi connectivity index (χ0n) is 13.8. The van der Waals surface area contributed by atoms with Gasteiger partial charge in [-0.3, -0.25) is 4.79 Å². The summed E-state index contributed by atoms with van der Waals surface area (Å²) in [6, 6.07) is 6.76. The Kier molecular flexibility index (Phi) is 4.28. The lowest BCUT2D eigenvalue weighted by Gasteiger charge is -2.30. The Hall–Kier alpha value is -2.04. The van der Waals surface area contributed by atoms with Gasteiger partial charge in [-0.1, -0.05) is 18.2 Å². The molecule has 1 aliphatic carbocycles. The molecule has 3 N–H and O–H groups in total. The fourth-order valence-corrected chi connectivity index (χ4v) is 3.34. The molecule has 0 radical (unpaired) electrons. The third-order valence-electron chi connectivity index (χ3n) is 5.24. The Morgan fingerprint density at radius 2 is 1.87 bits per heavy atom. The molecule has 0 unspecified atom stereocenters. The Morgan fingerprint density at radius 1 is 1.17 bits per heavy atom. The molecule has 0 aromatic heterocycles. The molecule has 2 fully saturated rings. The van der Waals surface area contributed by atoms with E-state index in [1.165, 1.54) is 16.7 Å². The molecule has 0 bridgehead atoms. The van der Waals surface area contributed by atoms with Crippen LogP contribution in [-0.2, 0) is 4.79 Å². The van der Waals surface area contributed by atoms with Gasteiger partial charge in [-0.25, -0.2) is 4.79 Å². The third kappa shape index (κ3) is 3.49. The molecule has 2 atom stereocenters. The molecule has 1 aromatic carbocycles. The van der Waals surface area contributed by atoms with Gasteiger partial charge >= 0.3 is 6.03 Å². The summed E-state index contributed by atoms with van der Waals surface area (Å²) in [5, 5.41) is 3.12. The van der Waals surface area contributed by atoms with Gasteiger partial charge in [-0.15, -0.1) is 0 Å². The summed E-state index contributed by atoms with van der Waals surface area (Å²) in [4.78, 5) is 25.3. The van der Waals surface area contributed by atoms with Crippen LogP contribution in [0.4, 0.5) is 4.79 Å². The van der Waals surface area contributed by atoms with Crippen molar-refractivity contribution in [1.29, 1.82) is 0 Å². The summed E-state index contributed by atoms with van der Waals surface area (Å²) in [5.74, 6) is 0.103. The first-order valence-electron chi connectivity index (χ1n) is 8.37. The zero-order valence-corrected chi connectivity index (χ0v) is 13.8. The third-order valence-corrected chi connectivity index (χ3v) is 5.24. The molecule has 1 saturated heterocycles. The fourth-order valence-electron chi connectivity index (χ4n) is 3.34. The number of nitrogens with zero attached hydrogens (tertiary/aromatic N) is 1. The highest BCUT2D eigenvalue weighted by molar-refractivity contribution is 5.78. The molecule has 0 spiro atoms. The van der Waals surface area contributed by atoms with Crippen molar-refractivity contribution in [2.24, 2.45) is 11.7 Å². The van der Waals surface area contributed by atoms with Gasteiger partial charge in [-0.2, -0.15) is 0 Å². The molecule has 1 saturated carbocycles. The first-order valence-corrected chi connectivity index (χ1v) is 8.37. The maximum Gasteiger partial charge on any atom is 0.317 e. The first-order chi connectivity index (χ1) is 11.0. The van der Waals surface area contributed by atoms with E-state index in [1.807, 2.05) is 0 Å². The van der Waals surface area contributed by atoms with Gasteiger partial charge in [0.15, 0.2) is 0 Å². The van der Waals surface area contributed by atoms with Gasteiger partial charge in [0, 0.05) is 31.0 Å². The number of nitrogens with two attached hydrogens (primary N) is 1. The summed E-state index contributed by atoms with van der Waals surface area (Å²) in [5.41, 5.74) is 9.24. The molecular formula is C18H25N3O2. The van der Waals surface area contributed by atoms with Crippen molar-refractivity contribution in [1.82, 2.24) is 10.2 Å². The van der Waals surface area contributed by atoms with Crippen molar-refractivity contribution in [3.8, 4) is 0 Å². The number of nitrogens with one attached hydrogen (secondary N) is 1. The molecule has 1 heterocycles. The predicted octanol–water partition coefficient (Wildman–Crippen LogP) is 2.07. The lowest BCUT2D eigenvalue weighted by atomic mass is 9.96. The Balaban J connectivity index is 1.50. The average molecular weight is 315 g/mol. The topological polar surface area (TPSA) is 75.4 Å². The lowest BCUT2D eigenvalue weighted by molar-refractivity contribution is -0.123. The molecule has 1 aliphatic heterocycles. The maximum atomic E-state index is 12.3. The van der Waals surface area contributed by atoms with Gasteiger partial charge in [-0.05, 0) is 49.8 Å². The van der Waals surface area contributed by atoms with Crippen molar-refractivity contribution in [2.75, 3.05) is 13.1 Å². The molecule has 2 aliphatic rings. The highest BCUT2D eigenvalue weighted by Gasteiger charge is 2.40. The minimum atomic E-state index is -0.248. The molecule has 3 rings (SSSR count). The number of urea groups is 1. The molecule has 5 nitrogen and oxygen atoms in total. The van der Waals surface area contributed by atoms with E-state index in [2.05, 4.69) is 37.4 Å². The number of carbonyl (C=O) groups is 2. The maximum absolute atomic E-state index is 12.3. The highest BCUT2D eigenvalue weighted by atomic mass is 16.2. The van der Waals surface area contributed by atoms with Crippen LogP contribution in [0.2, 0.25) is 0 Å². The lowest BCUT2D eigenvalue weighted by Crippen LogP contribution is -2.47. The van der Waals surface area contributed by atoms with Crippen molar-refractivity contribution in [3.05, 3.63) is 34.9 Å². The van der Waals surface area contributed by atoms with Crippen molar-refractivity contribution >= 4 is 11.9 Å². The van der Waals surface area contributed by atoms with E-state index in [0.717, 1.165) is 6.42 Å². The molecule has 23 heavy (non-hydrogen) atoms. The monoisotopic (exact) mass is 315 g/mol. The largest absolute Gasteiger partial charge is 0.369 e. The van der Waals surface area contributed by atoms with Crippen molar-refractivity contribution in [2.45, 2.75) is 45.1 Å². The normalized spacial score (nSPS) is 24.3. The average Bonchev–Trinajstić information content (AvgIpc) is 3.29. The van der Waals surface area contributed by atoms with E-state index in [4.69, 9.17) is 5.73 Å². The standard InChI is InChI=1S/C18H25N3O2/c1-11-3-4-14(9-12(11)2)15-10-16(15)20-18(23)21-7-5-13(6-8-21)17(19)22/h3-4,9,13,15-16H,5-8,10H2,1-2H3,(H2,19,22)(H,20,23)/t15-,16+/m1/s1. The second-order valence-corrected chi connectivity index (χ2v) is 6.91. The van der Waals surface area contributed by atoms with E-state index in [-0.39, 0.29) is 23.9 Å². The summed E-state index contributed by atoms with van der Waals surface area (Å²) in [6.07, 6.45) is 2.36. The van der Waals surface area contributed by atoms with Crippen LogP contribution in [0.1, 0.15) is 41.9 Å². The number of primary amides is 1. The van der Waals surface area contributed by atoms with E-state index in [0.29, 0.717) is 31.8 Å². The van der Waals surface area contributed by atoms with Crippen LogP contribution in [0.15, 0.2) is 18.2 Å². The van der Waals surface area contributed by atoms with Gasteiger partial charge in [0.2, 0.25) is 5.91 Å². The SMILES string of the molecule is Cc1ccc([C@H]2C[C@@H]2NC(=O)N2CCC(C(N)=O)CC2)cc1C. The minimum Gasteiger partial charge on any atom is -0.369 e. The summed E-state index contributed by atoms with van der Waals surface area (Å²) >= 11 is 0. The number of rotatable bonds is 3. The number of piperidine rings is 1. The Bertz CT molecular complexity index is 621. The number of carbonyl (C=O) groups excluding carboxylic acids is 2. The Labute approximate surface area is 137 Å². The quantitative estimate of drug-likeness (QED) is 0.896. The molecule has 124 valence electrons. The summed E-state index contributed by atoms with van der Waals surface area (Å²) in [7, 11) is 0. The number of benzene rings is 1. The van der Waals surface area contributed by atoms with Crippen LogP contribution in [0.5, 0.6) is 0 Å². The van der Waals surface area contributed by atoms with Crippen LogP contribution < -0.4 is 11.1 Å². The van der Waals surface area contributed by atoms with Gasteiger partial charge < -0.3 is 16.0 Å². The van der Waals surface area contributed by atoms with Crippen molar-refractivity contribution < 1.29 is 9.59 Å². The van der Waals surface area contributed by atoms with Gasteiger partial charge in [0.25, 0.3) is 0 Å². The van der Waals surface area contributed by atoms with E-state index in [9.17, 15) is 9.59 Å². The second-order valence-electron chi connectivity index (χ2n) is 6.91. The zero-order chi connectivity index (χ0) is 16.6. The highest BCUT2D eigenvalue weighted by Crippen LogP contribution is 2.41. The molecule has 5 heteroatoms. The van der Waals surface area contributed by atoms with E-state index < -0.39 is 0 Å². The summed E-state index contributed by atoms with van der Waals surface area (Å²) < 4.78 is 0. The van der Waals surface area contributed by atoms with E-state index in [1.54, 1.807) is 4.90 Å². The molecule has 1 aromatic rings. The van der Waals surface area contributed by atoms with Crippen LogP contribution in [0, 0.1) is 19.8 Å². The van der Waals surface area contributed by atoms with Crippen LogP contribution in [0.25, 0.3) is 0 Å². The van der Waals surface area contributed by atoms with Gasteiger partial charge in [0.05, 0.1) is 0 Å². The smallest absolute Gasteiger partial charge is 0.317 e. The molecular weight excluding hydrogens is 290 g/mol. The fraction of sp³-hybridized carbons (Fsp3) is 0.556. The number of hydrogen-bond donors (Lipinski definition) is 2. The number of hydrogen-bond acceptors (Lipinski definition) is 2. The Morgan fingerprint density at radius 3 is 2.48 bits per heavy atom. The van der Waals surface area contributed by atoms with Crippen LogP contribution >= 0.6 is 0 Å². The van der Waals surface area contributed by atoms with Crippen molar-refractivity contribution in [3.63, 3.8) is 0 Å². The second kappa shape index (κ2) is 6.22. The van der Waals surface area contributed by atoms with Crippen LogP contribution in [0.3, 0.4) is 0 Å². The van der Waals surface area contributed by atoms with E-state index >= 15 is 0 Å². The first kappa shape index (κ1) is 15.8. The molecule has 3 amide bonds. The number of aryl methyl sites for hydroxylation is 2. The minimum absolute atomic E-state index is 0.00995. The predicted molar refractivity (Wildman–Crippen MR) is 89.1 cm³/mol. The number of likely N-dealkylation sites (tertiary alicyclic amines) is 1.